The third-order valence-electron chi connectivity index (χ3n) is 1.84. The standard InChI is InChI=1S/C9H9N3O2/c1-6-10-3-8(14-6)9-7(5-13)4-12(2)11-9/h3-5H,1-2H3. The number of carbonyl (C=O) groups excluding carboxylic acids is 1. The smallest absolute Gasteiger partial charge is 0.191 e. The second-order valence-corrected chi connectivity index (χ2v) is 2.97. The fourth-order valence-electron chi connectivity index (χ4n) is 1.26. The van der Waals surface area contributed by atoms with Crippen molar-refractivity contribution in [3.05, 3.63) is 23.8 Å². The number of aromatic nitrogens is 3. The third kappa shape index (κ3) is 1.32. The molecular weight excluding hydrogens is 182 g/mol. The molecule has 2 aromatic rings. The number of nitrogens with zero attached hydrogens (tertiary/aromatic N) is 3. The Morgan fingerprint density at radius 2 is 2.36 bits per heavy atom. The first-order valence-electron chi connectivity index (χ1n) is 4.12. The quantitative estimate of drug-likeness (QED) is 0.669. The number of aldehydes is 1. The van der Waals surface area contributed by atoms with E-state index in [1.807, 2.05) is 0 Å². The first kappa shape index (κ1) is 8.68. The molecule has 0 aliphatic carbocycles. The Morgan fingerprint density at radius 1 is 1.57 bits per heavy atom. The van der Waals surface area contributed by atoms with E-state index in [9.17, 15) is 4.79 Å². The summed E-state index contributed by atoms with van der Waals surface area (Å²) >= 11 is 0. The molecule has 0 N–H and O–H groups in total. The largest absolute Gasteiger partial charge is 0.439 e. The molecule has 0 aliphatic rings. The summed E-state index contributed by atoms with van der Waals surface area (Å²) in [5.74, 6) is 1.08. The van der Waals surface area contributed by atoms with Crippen LogP contribution in [0.15, 0.2) is 16.8 Å². The van der Waals surface area contributed by atoms with Crippen molar-refractivity contribution in [1.29, 1.82) is 0 Å². The van der Waals surface area contributed by atoms with E-state index in [2.05, 4.69) is 10.1 Å². The number of carbonyl (C=O) groups is 1. The van der Waals surface area contributed by atoms with Crippen LogP contribution in [0.5, 0.6) is 0 Å². The maximum absolute atomic E-state index is 10.7. The van der Waals surface area contributed by atoms with E-state index in [-0.39, 0.29) is 0 Å². The maximum Gasteiger partial charge on any atom is 0.191 e. The minimum absolute atomic E-state index is 0.503. The summed E-state index contributed by atoms with van der Waals surface area (Å²) in [6.45, 7) is 1.74. The molecule has 2 rings (SSSR count). The molecular formula is C9H9N3O2. The number of oxazole rings is 1. The van der Waals surface area contributed by atoms with E-state index in [0.717, 1.165) is 6.29 Å². The molecule has 5 nitrogen and oxygen atoms in total. The monoisotopic (exact) mass is 191 g/mol. The van der Waals surface area contributed by atoms with Crippen LogP contribution in [-0.2, 0) is 7.05 Å². The van der Waals surface area contributed by atoms with Gasteiger partial charge < -0.3 is 4.42 Å². The Labute approximate surface area is 80.4 Å². The summed E-state index contributed by atoms with van der Waals surface area (Å²) in [6.07, 6.45) is 3.95. The summed E-state index contributed by atoms with van der Waals surface area (Å²) in [6, 6.07) is 0. The van der Waals surface area contributed by atoms with E-state index < -0.39 is 0 Å². The van der Waals surface area contributed by atoms with Gasteiger partial charge in [-0.05, 0) is 0 Å². The van der Waals surface area contributed by atoms with Crippen molar-refractivity contribution < 1.29 is 9.21 Å². The van der Waals surface area contributed by atoms with Gasteiger partial charge >= 0.3 is 0 Å². The van der Waals surface area contributed by atoms with Crippen LogP contribution in [0, 0.1) is 6.92 Å². The van der Waals surface area contributed by atoms with Crippen LogP contribution in [0.3, 0.4) is 0 Å². The Morgan fingerprint density at radius 3 is 2.93 bits per heavy atom. The molecule has 0 spiro atoms. The van der Waals surface area contributed by atoms with Crippen molar-refractivity contribution in [2.45, 2.75) is 6.92 Å². The molecule has 0 amide bonds. The molecule has 0 radical (unpaired) electrons. The zero-order valence-corrected chi connectivity index (χ0v) is 7.89. The van der Waals surface area contributed by atoms with Crippen LogP contribution in [0.1, 0.15) is 16.2 Å². The fourth-order valence-corrected chi connectivity index (χ4v) is 1.26. The van der Waals surface area contributed by atoms with Crippen molar-refractivity contribution in [3.8, 4) is 11.5 Å². The molecule has 0 fully saturated rings. The predicted molar refractivity (Wildman–Crippen MR) is 48.8 cm³/mol. The van der Waals surface area contributed by atoms with Crippen LogP contribution < -0.4 is 0 Å². The molecule has 0 saturated carbocycles. The molecule has 14 heavy (non-hydrogen) atoms. The zero-order chi connectivity index (χ0) is 10.1. The van der Waals surface area contributed by atoms with E-state index in [4.69, 9.17) is 4.42 Å². The van der Waals surface area contributed by atoms with Crippen molar-refractivity contribution >= 4 is 6.29 Å². The highest BCUT2D eigenvalue weighted by atomic mass is 16.4. The normalized spacial score (nSPS) is 10.4. The van der Waals surface area contributed by atoms with Crippen molar-refractivity contribution in [3.63, 3.8) is 0 Å². The van der Waals surface area contributed by atoms with E-state index in [1.54, 1.807) is 31.0 Å². The van der Waals surface area contributed by atoms with Gasteiger partial charge in [0.25, 0.3) is 0 Å². The van der Waals surface area contributed by atoms with Gasteiger partial charge in [-0.25, -0.2) is 4.98 Å². The Kier molecular flexibility index (Phi) is 1.92. The third-order valence-corrected chi connectivity index (χ3v) is 1.84. The van der Waals surface area contributed by atoms with E-state index in [0.29, 0.717) is 22.9 Å². The van der Waals surface area contributed by atoms with Gasteiger partial charge in [-0.3, -0.25) is 9.48 Å². The van der Waals surface area contributed by atoms with Crippen molar-refractivity contribution in [2.75, 3.05) is 0 Å². The molecule has 72 valence electrons. The molecule has 0 aliphatic heterocycles. The molecule has 0 saturated heterocycles. The lowest BCUT2D eigenvalue weighted by Gasteiger charge is -1.89. The minimum atomic E-state index is 0.503. The maximum atomic E-state index is 10.7. The number of rotatable bonds is 2. The predicted octanol–water partition coefficient (Wildman–Crippen LogP) is 1.20. The van der Waals surface area contributed by atoms with Gasteiger partial charge in [0.05, 0.1) is 11.8 Å². The molecule has 0 aromatic carbocycles. The minimum Gasteiger partial charge on any atom is -0.439 e. The Balaban J connectivity index is 2.55. The van der Waals surface area contributed by atoms with Crippen molar-refractivity contribution in [1.82, 2.24) is 14.8 Å². The highest BCUT2D eigenvalue weighted by molar-refractivity contribution is 5.83. The number of hydrogen-bond acceptors (Lipinski definition) is 4. The zero-order valence-electron chi connectivity index (χ0n) is 7.89. The van der Waals surface area contributed by atoms with E-state index >= 15 is 0 Å². The molecule has 0 unspecified atom stereocenters. The van der Waals surface area contributed by atoms with Gasteiger partial charge in [-0.2, -0.15) is 5.10 Å². The Bertz CT molecular complexity index is 470. The lowest BCUT2D eigenvalue weighted by atomic mass is 10.2. The molecule has 2 aromatic heterocycles. The molecule has 0 bridgehead atoms. The summed E-state index contributed by atoms with van der Waals surface area (Å²) in [5, 5.41) is 4.12. The van der Waals surface area contributed by atoms with Gasteiger partial charge in [0.1, 0.15) is 5.69 Å². The average molecular weight is 191 g/mol. The topological polar surface area (TPSA) is 60.9 Å². The lowest BCUT2D eigenvalue weighted by Crippen LogP contribution is -1.86. The van der Waals surface area contributed by atoms with Gasteiger partial charge in [0.15, 0.2) is 17.9 Å². The highest BCUT2D eigenvalue weighted by Crippen LogP contribution is 2.20. The lowest BCUT2D eigenvalue weighted by molar-refractivity contribution is 0.112. The first-order chi connectivity index (χ1) is 6.70. The summed E-state index contributed by atoms with van der Waals surface area (Å²) in [5.41, 5.74) is 1.03. The molecule has 2 heterocycles. The summed E-state index contributed by atoms with van der Waals surface area (Å²) in [7, 11) is 1.75. The van der Waals surface area contributed by atoms with Crippen molar-refractivity contribution in [2.24, 2.45) is 7.05 Å². The van der Waals surface area contributed by atoms with Crippen LogP contribution in [0.4, 0.5) is 0 Å². The average Bonchev–Trinajstić information content (AvgIpc) is 2.71. The van der Waals surface area contributed by atoms with Crippen LogP contribution in [-0.4, -0.2) is 21.1 Å². The second-order valence-electron chi connectivity index (χ2n) is 2.97. The second kappa shape index (κ2) is 3.10. The van der Waals surface area contributed by atoms with Gasteiger partial charge in [0.2, 0.25) is 0 Å². The van der Waals surface area contributed by atoms with Crippen LogP contribution in [0.25, 0.3) is 11.5 Å². The van der Waals surface area contributed by atoms with Crippen LogP contribution >= 0.6 is 0 Å². The summed E-state index contributed by atoms with van der Waals surface area (Å²) < 4.78 is 6.85. The molecule has 0 atom stereocenters. The fraction of sp³-hybridized carbons (Fsp3) is 0.222. The van der Waals surface area contributed by atoms with Gasteiger partial charge in [0, 0.05) is 20.2 Å². The molecule has 5 heteroatoms. The van der Waals surface area contributed by atoms with E-state index in [1.165, 1.54) is 0 Å². The number of hydrogen-bond donors (Lipinski definition) is 0. The van der Waals surface area contributed by atoms with Crippen LogP contribution in [0.2, 0.25) is 0 Å². The Hall–Kier alpha value is -1.91. The first-order valence-corrected chi connectivity index (χ1v) is 4.12. The highest BCUT2D eigenvalue weighted by Gasteiger charge is 2.12. The van der Waals surface area contributed by atoms with Gasteiger partial charge in [-0.1, -0.05) is 0 Å². The SMILES string of the molecule is Cc1ncc(-c2nn(C)cc2C=O)o1. The summed E-state index contributed by atoms with van der Waals surface area (Å²) in [4.78, 5) is 14.7. The number of aryl methyl sites for hydroxylation is 2. The van der Waals surface area contributed by atoms with Gasteiger partial charge in [-0.15, -0.1) is 0 Å².